The molecule has 1 aromatic rings. The van der Waals surface area contributed by atoms with E-state index in [2.05, 4.69) is 4.74 Å². The fraction of sp³-hybridized carbons (Fsp3) is 0.500. The van der Waals surface area contributed by atoms with Crippen LogP contribution in [0.4, 0.5) is 14.5 Å². The van der Waals surface area contributed by atoms with Crippen molar-refractivity contribution < 1.29 is 18.4 Å². The summed E-state index contributed by atoms with van der Waals surface area (Å²) in [5.41, 5.74) is 5.44. The summed E-state index contributed by atoms with van der Waals surface area (Å²) in [6, 6.07) is 1.53. The zero-order valence-corrected chi connectivity index (χ0v) is 10.9. The highest BCUT2D eigenvalue weighted by molar-refractivity contribution is 5.48. The van der Waals surface area contributed by atoms with Gasteiger partial charge in [-0.2, -0.15) is 8.78 Å². The Morgan fingerprint density at radius 1 is 1.53 bits per heavy atom. The molecule has 0 bridgehead atoms. The maximum absolute atomic E-state index is 13.9. The Bertz CT molecular complexity index is 490. The third kappa shape index (κ3) is 3.24. The Morgan fingerprint density at radius 2 is 2.11 bits per heavy atom. The van der Waals surface area contributed by atoms with Crippen LogP contribution in [0.5, 0.6) is 0 Å². The predicted molar refractivity (Wildman–Crippen MR) is 66.2 cm³/mol. The number of hydrogen-bond donors (Lipinski definition) is 1. The van der Waals surface area contributed by atoms with Crippen molar-refractivity contribution in [1.82, 2.24) is 0 Å². The SMILES string of the molecule is COCC(F)(F)c1cc([N+](=O)[O-])cc([C@@H](C)N)c1C. The Hall–Kier alpha value is -1.60. The normalized spacial score (nSPS) is 13.4. The van der Waals surface area contributed by atoms with Crippen molar-refractivity contribution >= 4 is 5.69 Å². The molecule has 0 aliphatic rings. The minimum absolute atomic E-state index is 0.252. The van der Waals surface area contributed by atoms with E-state index in [9.17, 15) is 18.9 Å². The summed E-state index contributed by atoms with van der Waals surface area (Å²) in [4.78, 5) is 10.1. The average molecular weight is 274 g/mol. The summed E-state index contributed by atoms with van der Waals surface area (Å²) in [6.07, 6.45) is 0. The molecular formula is C12H16F2N2O3. The van der Waals surface area contributed by atoms with Crippen LogP contribution >= 0.6 is 0 Å². The lowest BCUT2D eigenvalue weighted by Crippen LogP contribution is -2.23. The number of nitro groups is 1. The highest BCUT2D eigenvalue weighted by Crippen LogP contribution is 2.36. The zero-order valence-electron chi connectivity index (χ0n) is 10.9. The van der Waals surface area contributed by atoms with Gasteiger partial charge in [-0.1, -0.05) is 0 Å². The van der Waals surface area contributed by atoms with E-state index in [-0.39, 0.29) is 5.56 Å². The molecule has 7 heteroatoms. The van der Waals surface area contributed by atoms with Gasteiger partial charge in [-0.3, -0.25) is 10.1 Å². The summed E-state index contributed by atoms with van der Waals surface area (Å²) in [5, 5.41) is 10.8. The first kappa shape index (κ1) is 15.5. The molecule has 0 spiro atoms. The minimum atomic E-state index is -3.30. The molecule has 1 aromatic carbocycles. The molecule has 5 nitrogen and oxygen atoms in total. The number of benzene rings is 1. The van der Waals surface area contributed by atoms with Crippen LogP contribution in [0.25, 0.3) is 0 Å². The van der Waals surface area contributed by atoms with Crippen LogP contribution in [0.15, 0.2) is 12.1 Å². The number of nitrogens with two attached hydrogens (primary N) is 1. The first-order valence-electron chi connectivity index (χ1n) is 5.62. The second kappa shape index (κ2) is 5.58. The van der Waals surface area contributed by atoms with Crippen molar-refractivity contribution in [2.24, 2.45) is 5.73 Å². The molecule has 0 saturated carbocycles. The van der Waals surface area contributed by atoms with Gasteiger partial charge in [-0.15, -0.1) is 0 Å². The van der Waals surface area contributed by atoms with Gasteiger partial charge in [0.15, 0.2) is 0 Å². The Morgan fingerprint density at radius 3 is 2.53 bits per heavy atom. The molecule has 19 heavy (non-hydrogen) atoms. The second-order valence-corrected chi connectivity index (χ2v) is 4.39. The van der Waals surface area contributed by atoms with E-state index in [0.717, 1.165) is 13.2 Å². The number of alkyl halides is 2. The van der Waals surface area contributed by atoms with Crippen molar-refractivity contribution in [1.29, 1.82) is 0 Å². The number of rotatable bonds is 5. The molecule has 0 aliphatic heterocycles. The lowest BCUT2D eigenvalue weighted by Gasteiger charge is -2.21. The quantitative estimate of drug-likeness (QED) is 0.661. The Kier molecular flexibility index (Phi) is 4.54. The summed E-state index contributed by atoms with van der Waals surface area (Å²) in [6.45, 7) is 2.22. The molecule has 0 radical (unpaired) electrons. The maximum atomic E-state index is 13.9. The van der Waals surface area contributed by atoms with Crippen molar-refractivity contribution in [3.8, 4) is 0 Å². The number of halogens is 2. The molecule has 0 saturated heterocycles. The van der Waals surface area contributed by atoms with E-state index >= 15 is 0 Å². The molecule has 0 aliphatic carbocycles. The maximum Gasteiger partial charge on any atom is 0.296 e. The van der Waals surface area contributed by atoms with E-state index in [4.69, 9.17) is 5.73 Å². The third-order valence-corrected chi connectivity index (χ3v) is 2.85. The number of nitrogens with zero attached hydrogens (tertiary/aromatic N) is 1. The van der Waals surface area contributed by atoms with Crippen LogP contribution in [-0.2, 0) is 10.7 Å². The molecule has 0 amide bonds. The lowest BCUT2D eigenvalue weighted by atomic mass is 9.93. The van der Waals surface area contributed by atoms with Crippen molar-refractivity contribution in [2.75, 3.05) is 13.7 Å². The van der Waals surface area contributed by atoms with Gasteiger partial charge in [0, 0.05) is 30.8 Å². The van der Waals surface area contributed by atoms with Crippen LogP contribution in [-0.4, -0.2) is 18.6 Å². The van der Waals surface area contributed by atoms with Gasteiger partial charge in [-0.25, -0.2) is 0 Å². The lowest BCUT2D eigenvalue weighted by molar-refractivity contribution is -0.385. The van der Waals surface area contributed by atoms with Crippen LogP contribution in [0.2, 0.25) is 0 Å². The number of nitro benzene ring substituents is 1. The number of non-ortho nitro benzene ring substituents is 1. The molecule has 0 heterocycles. The first-order valence-corrected chi connectivity index (χ1v) is 5.62. The molecular weight excluding hydrogens is 258 g/mol. The largest absolute Gasteiger partial charge is 0.378 e. The molecule has 1 rings (SSSR count). The van der Waals surface area contributed by atoms with Gasteiger partial charge in [0.1, 0.15) is 6.61 Å². The van der Waals surface area contributed by atoms with E-state index in [1.54, 1.807) is 6.92 Å². The predicted octanol–water partition coefficient (Wildman–Crippen LogP) is 2.66. The molecule has 1 atom stereocenters. The summed E-state index contributed by atoms with van der Waals surface area (Å²) in [7, 11) is 1.15. The number of methoxy groups -OCH3 is 1. The van der Waals surface area contributed by atoms with Crippen LogP contribution in [0.1, 0.15) is 29.7 Å². The summed E-state index contributed by atoms with van der Waals surface area (Å²) in [5.74, 6) is -3.30. The monoisotopic (exact) mass is 274 g/mol. The molecule has 106 valence electrons. The van der Waals surface area contributed by atoms with Crippen LogP contribution in [0.3, 0.4) is 0 Å². The third-order valence-electron chi connectivity index (χ3n) is 2.85. The van der Waals surface area contributed by atoms with Gasteiger partial charge in [0.2, 0.25) is 0 Å². The number of hydrogen-bond acceptors (Lipinski definition) is 4. The second-order valence-electron chi connectivity index (χ2n) is 4.39. The van der Waals surface area contributed by atoms with Crippen molar-refractivity contribution in [3.05, 3.63) is 38.9 Å². The molecule has 2 N–H and O–H groups in total. The highest BCUT2D eigenvalue weighted by atomic mass is 19.3. The average Bonchev–Trinajstić information content (AvgIpc) is 2.27. The van der Waals surface area contributed by atoms with Gasteiger partial charge >= 0.3 is 0 Å². The fourth-order valence-electron chi connectivity index (χ4n) is 1.94. The summed E-state index contributed by atoms with van der Waals surface area (Å²) < 4.78 is 32.3. The number of ether oxygens (including phenoxy) is 1. The zero-order chi connectivity index (χ0) is 14.8. The fourth-order valence-corrected chi connectivity index (χ4v) is 1.94. The van der Waals surface area contributed by atoms with E-state index in [1.165, 1.54) is 13.0 Å². The minimum Gasteiger partial charge on any atom is -0.378 e. The topological polar surface area (TPSA) is 78.4 Å². The summed E-state index contributed by atoms with van der Waals surface area (Å²) >= 11 is 0. The van der Waals surface area contributed by atoms with E-state index in [1.807, 2.05) is 0 Å². The van der Waals surface area contributed by atoms with Crippen LogP contribution < -0.4 is 5.73 Å². The van der Waals surface area contributed by atoms with E-state index in [0.29, 0.717) is 5.56 Å². The van der Waals surface area contributed by atoms with Gasteiger partial charge < -0.3 is 10.5 Å². The van der Waals surface area contributed by atoms with Gasteiger partial charge in [0.25, 0.3) is 11.6 Å². The highest BCUT2D eigenvalue weighted by Gasteiger charge is 2.36. The van der Waals surface area contributed by atoms with Crippen molar-refractivity contribution in [2.45, 2.75) is 25.8 Å². The smallest absolute Gasteiger partial charge is 0.296 e. The molecule has 0 unspecified atom stereocenters. The molecule has 0 aromatic heterocycles. The van der Waals surface area contributed by atoms with Gasteiger partial charge in [0.05, 0.1) is 4.92 Å². The standard InChI is InChI=1S/C12H16F2N2O3/c1-7-10(8(2)15)4-9(16(17)18)5-11(7)12(13,14)6-19-3/h4-5,8H,6,15H2,1-3H3/t8-/m1/s1. The Balaban J connectivity index is 3.50. The van der Waals surface area contributed by atoms with Crippen molar-refractivity contribution in [3.63, 3.8) is 0 Å². The Labute approximate surface area is 109 Å². The first-order chi connectivity index (χ1) is 8.70. The van der Waals surface area contributed by atoms with Crippen LogP contribution in [0, 0.1) is 17.0 Å². The van der Waals surface area contributed by atoms with Gasteiger partial charge in [-0.05, 0) is 25.0 Å². The molecule has 0 fully saturated rings. The van der Waals surface area contributed by atoms with E-state index < -0.39 is 34.7 Å².